The predicted octanol–water partition coefficient (Wildman–Crippen LogP) is 3.50. The molecule has 6 rings (SSSR count). The van der Waals surface area contributed by atoms with E-state index in [0.29, 0.717) is 24.4 Å². The van der Waals surface area contributed by atoms with Crippen LogP contribution in [0.5, 0.6) is 0 Å². The zero-order valence-electron chi connectivity index (χ0n) is 16.0. The highest BCUT2D eigenvalue weighted by molar-refractivity contribution is 5.89. The van der Waals surface area contributed by atoms with Crippen molar-refractivity contribution in [2.45, 2.75) is 83.1 Å². The van der Waals surface area contributed by atoms with Crippen LogP contribution in [0.2, 0.25) is 0 Å². The average molecular weight is 359 g/mol. The highest BCUT2D eigenvalue weighted by Gasteiger charge is 2.50. The van der Waals surface area contributed by atoms with Crippen molar-refractivity contribution in [3.05, 3.63) is 0 Å². The molecule has 6 fully saturated rings. The van der Waals surface area contributed by atoms with Crippen LogP contribution in [0.25, 0.3) is 0 Å². The predicted molar refractivity (Wildman–Crippen MR) is 100 cm³/mol. The van der Waals surface area contributed by atoms with Gasteiger partial charge < -0.3 is 10.2 Å². The molecule has 1 atom stereocenters. The third-order valence-corrected chi connectivity index (χ3v) is 8.41. The Morgan fingerprint density at radius 3 is 2.27 bits per heavy atom. The Morgan fingerprint density at radius 2 is 1.65 bits per heavy atom. The highest BCUT2D eigenvalue weighted by atomic mass is 16.2. The summed E-state index contributed by atoms with van der Waals surface area (Å²) in [6, 6.07) is 0.410. The van der Waals surface area contributed by atoms with Gasteiger partial charge in [0.25, 0.3) is 0 Å². The summed E-state index contributed by atoms with van der Waals surface area (Å²) in [6.45, 7) is 1.48. The summed E-state index contributed by atoms with van der Waals surface area (Å²) in [5.41, 5.74) is 0.531. The fourth-order valence-electron chi connectivity index (χ4n) is 7.67. The lowest BCUT2D eigenvalue weighted by Crippen LogP contribution is -2.47. The smallest absolute Gasteiger partial charge is 0.225 e. The molecule has 4 heteroatoms. The molecule has 0 unspecified atom stereocenters. The van der Waals surface area contributed by atoms with Crippen molar-refractivity contribution in [1.29, 1.82) is 0 Å². The number of carbonyl (C=O) groups is 2. The Morgan fingerprint density at radius 1 is 1.04 bits per heavy atom. The van der Waals surface area contributed by atoms with Gasteiger partial charge in [0, 0.05) is 25.6 Å². The summed E-state index contributed by atoms with van der Waals surface area (Å²) < 4.78 is 0. The van der Waals surface area contributed by atoms with E-state index in [1.165, 1.54) is 51.4 Å². The van der Waals surface area contributed by atoms with Crippen molar-refractivity contribution in [1.82, 2.24) is 10.2 Å². The summed E-state index contributed by atoms with van der Waals surface area (Å²) in [6.07, 6.45) is 15.0. The van der Waals surface area contributed by atoms with Crippen LogP contribution in [-0.4, -0.2) is 35.8 Å². The minimum absolute atomic E-state index is 0.112. The largest absolute Gasteiger partial charge is 0.356 e. The molecule has 0 radical (unpaired) electrons. The highest BCUT2D eigenvalue weighted by Crippen LogP contribution is 2.61. The second-order valence-electron chi connectivity index (χ2n) is 10.3. The first-order valence-corrected chi connectivity index (χ1v) is 11.2. The molecule has 4 bridgehead atoms. The van der Waals surface area contributed by atoms with Gasteiger partial charge in [-0.3, -0.25) is 9.59 Å². The van der Waals surface area contributed by atoms with E-state index in [2.05, 4.69) is 5.32 Å². The molecular weight excluding hydrogens is 324 g/mol. The lowest BCUT2D eigenvalue weighted by molar-refractivity contribution is -0.130. The van der Waals surface area contributed by atoms with Gasteiger partial charge in [-0.05, 0) is 81.0 Å². The fraction of sp³-hybridized carbons (Fsp3) is 0.909. The second-order valence-corrected chi connectivity index (χ2v) is 10.3. The van der Waals surface area contributed by atoms with Crippen molar-refractivity contribution in [2.75, 3.05) is 13.1 Å². The maximum Gasteiger partial charge on any atom is 0.225 e. The van der Waals surface area contributed by atoms with Gasteiger partial charge in [-0.25, -0.2) is 0 Å². The van der Waals surface area contributed by atoms with Crippen molar-refractivity contribution in [3.63, 3.8) is 0 Å². The molecule has 1 aliphatic heterocycles. The minimum Gasteiger partial charge on any atom is -0.356 e. The molecule has 0 aromatic rings. The first-order chi connectivity index (χ1) is 12.6. The first kappa shape index (κ1) is 17.1. The first-order valence-electron chi connectivity index (χ1n) is 11.2. The van der Waals surface area contributed by atoms with Crippen LogP contribution in [0.4, 0.5) is 0 Å². The molecule has 1 N–H and O–H groups in total. The van der Waals surface area contributed by atoms with Crippen LogP contribution in [0, 0.1) is 29.1 Å². The van der Waals surface area contributed by atoms with E-state index in [9.17, 15) is 9.59 Å². The normalized spacial score (nSPS) is 42.0. The van der Waals surface area contributed by atoms with Crippen molar-refractivity contribution >= 4 is 11.8 Å². The van der Waals surface area contributed by atoms with E-state index in [1.54, 1.807) is 0 Å². The number of amides is 2. The monoisotopic (exact) mass is 358 g/mol. The Hall–Kier alpha value is -1.06. The number of nitrogens with one attached hydrogen (secondary N) is 1. The van der Waals surface area contributed by atoms with Crippen molar-refractivity contribution in [2.24, 2.45) is 29.1 Å². The summed E-state index contributed by atoms with van der Waals surface area (Å²) in [4.78, 5) is 27.0. The molecule has 144 valence electrons. The third kappa shape index (κ3) is 3.07. The van der Waals surface area contributed by atoms with Crippen LogP contribution in [-0.2, 0) is 9.59 Å². The molecular formula is C22H34N2O2. The van der Waals surface area contributed by atoms with Crippen molar-refractivity contribution in [3.8, 4) is 0 Å². The van der Waals surface area contributed by atoms with Gasteiger partial charge in [-0.2, -0.15) is 0 Å². The SMILES string of the molecule is O=C(NCCC12CC3CC(CC(C3)C1)C2)[C@H]1CC(=O)N(C2CCCC2)C1. The van der Waals surface area contributed by atoms with Gasteiger partial charge >= 0.3 is 0 Å². The van der Waals surface area contributed by atoms with E-state index in [4.69, 9.17) is 0 Å². The zero-order chi connectivity index (χ0) is 17.7. The van der Waals surface area contributed by atoms with E-state index in [-0.39, 0.29) is 17.7 Å². The van der Waals surface area contributed by atoms with Crippen LogP contribution in [0.1, 0.15) is 77.0 Å². The van der Waals surface area contributed by atoms with E-state index < -0.39 is 0 Å². The second kappa shape index (κ2) is 6.53. The summed E-state index contributed by atoms with van der Waals surface area (Å²) in [5.74, 6) is 3.15. The number of hydrogen-bond donors (Lipinski definition) is 1. The minimum atomic E-state index is -0.112. The third-order valence-electron chi connectivity index (χ3n) is 8.41. The number of nitrogens with zero attached hydrogens (tertiary/aromatic N) is 1. The van der Waals surface area contributed by atoms with Gasteiger partial charge in [0.05, 0.1) is 5.92 Å². The maximum absolute atomic E-state index is 12.6. The van der Waals surface area contributed by atoms with Crippen LogP contribution in [0.15, 0.2) is 0 Å². The maximum atomic E-state index is 12.6. The Balaban J connectivity index is 1.12. The Bertz CT molecular complexity index is 545. The molecule has 0 aromatic carbocycles. The van der Waals surface area contributed by atoms with E-state index in [0.717, 1.165) is 43.6 Å². The molecule has 2 amide bonds. The molecule has 6 aliphatic rings. The Labute approximate surface area is 157 Å². The standard InChI is InChI=1S/C22H34N2O2/c25-20-10-18(14-24(20)19-3-1-2-4-19)21(26)23-6-5-22-11-15-7-16(12-22)9-17(8-15)13-22/h15-19H,1-14H2,(H,23,26)/t15?,16?,17?,18-,22?/m0/s1. The quantitative estimate of drug-likeness (QED) is 0.818. The van der Waals surface area contributed by atoms with Gasteiger partial charge in [-0.15, -0.1) is 0 Å². The lowest BCUT2D eigenvalue weighted by Gasteiger charge is -2.57. The summed E-state index contributed by atoms with van der Waals surface area (Å²) >= 11 is 0. The zero-order valence-corrected chi connectivity index (χ0v) is 16.0. The number of hydrogen-bond acceptors (Lipinski definition) is 2. The van der Waals surface area contributed by atoms with Crippen molar-refractivity contribution < 1.29 is 9.59 Å². The van der Waals surface area contributed by atoms with Crippen LogP contribution < -0.4 is 5.32 Å². The van der Waals surface area contributed by atoms with Gasteiger partial charge in [0.1, 0.15) is 0 Å². The Kier molecular flexibility index (Phi) is 4.28. The van der Waals surface area contributed by atoms with Gasteiger partial charge in [0.15, 0.2) is 0 Å². The van der Waals surface area contributed by atoms with E-state index >= 15 is 0 Å². The number of likely N-dealkylation sites (tertiary alicyclic amines) is 1. The van der Waals surface area contributed by atoms with Crippen LogP contribution >= 0.6 is 0 Å². The molecule has 0 spiro atoms. The van der Waals surface area contributed by atoms with E-state index in [1.807, 2.05) is 4.90 Å². The molecule has 26 heavy (non-hydrogen) atoms. The average Bonchev–Trinajstić information content (AvgIpc) is 3.22. The number of rotatable bonds is 5. The van der Waals surface area contributed by atoms with Gasteiger partial charge in [-0.1, -0.05) is 12.8 Å². The molecule has 5 saturated carbocycles. The lowest BCUT2D eigenvalue weighted by atomic mass is 9.49. The number of carbonyl (C=O) groups excluding carboxylic acids is 2. The molecule has 1 heterocycles. The fourth-order valence-corrected chi connectivity index (χ4v) is 7.67. The topological polar surface area (TPSA) is 49.4 Å². The molecule has 4 nitrogen and oxygen atoms in total. The molecule has 0 aromatic heterocycles. The molecule has 5 aliphatic carbocycles. The summed E-state index contributed by atoms with van der Waals surface area (Å²) in [7, 11) is 0. The van der Waals surface area contributed by atoms with Gasteiger partial charge in [0.2, 0.25) is 11.8 Å². The summed E-state index contributed by atoms with van der Waals surface area (Å²) in [5, 5.41) is 3.21. The molecule has 1 saturated heterocycles. The van der Waals surface area contributed by atoms with Crippen LogP contribution in [0.3, 0.4) is 0 Å².